The fraction of sp³-hybridized carbons (Fsp3) is 0.944. The van der Waals surface area contributed by atoms with Crippen LogP contribution in [0.5, 0.6) is 0 Å². The van der Waals surface area contributed by atoms with E-state index in [1.165, 1.54) is 83.5 Å². The van der Waals surface area contributed by atoms with Crippen LogP contribution in [0.1, 0.15) is 103 Å². The molecule has 0 aromatic carbocycles. The van der Waals surface area contributed by atoms with Gasteiger partial charge >= 0.3 is 0 Å². The lowest BCUT2D eigenvalue weighted by Gasteiger charge is -2.11. The van der Waals surface area contributed by atoms with E-state index >= 15 is 0 Å². The van der Waals surface area contributed by atoms with Gasteiger partial charge in [-0.3, -0.25) is 0 Å². The second-order valence-corrected chi connectivity index (χ2v) is 10.1. The van der Waals surface area contributed by atoms with Gasteiger partial charge < -0.3 is 4.79 Å². The second-order valence-electron chi connectivity index (χ2n) is 6.23. The standard InChI is InChI=1S/C18H34Br2O/c1-2-3-4-5-6-7-8-9-10-11-12-13-14-15-16-18(19,20)17-21/h17H,2-16H2,1H3. The molecule has 0 heterocycles. The van der Waals surface area contributed by atoms with Gasteiger partial charge in [0.15, 0.2) is 0 Å². The molecule has 0 fully saturated rings. The third kappa shape index (κ3) is 16.8. The summed E-state index contributed by atoms with van der Waals surface area (Å²) in [5.41, 5.74) is 0. The van der Waals surface area contributed by atoms with E-state index in [4.69, 9.17) is 0 Å². The molecule has 1 nitrogen and oxygen atoms in total. The second kappa shape index (κ2) is 15.5. The maximum absolute atomic E-state index is 10.7. The number of rotatable bonds is 16. The van der Waals surface area contributed by atoms with Gasteiger partial charge in [0.1, 0.15) is 9.52 Å². The number of hydrogen-bond donors (Lipinski definition) is 0. The van der Waals surface area contributed by atoms with Crippen LogP contribution in [0.15, 0.2) is 0 Å². The minimum absolute atomic E-state index is 0.475. The lowest BCUT2D eigenvalue weighted by Crippen LogP contribution is -2.11. The molecule has 0 saturated heterocycles. The zero-order chi connectivity index (χ0) is 15.8. The predicted molar refractivity (Wildman–Crippen MR) is 102 cm³/mol. The van der Waals surface area contributed by atoms with Crippen molar-refractivity contribution in [2.45, 2.75) is 106 Å². The Kier molecular flexibility index (Phi) is 16.0. The summed E-state index contributed by atoms with van der Waals surface area (Å²) in [5.74, 6) is 0. The van der Waals surface area contributed by atoms with Crippen molar-refractivity contribution in [3.63, 3.8) is 0 Å². The number of halogens is 2. The zero-order valence-corrected chi connectivity index (χ0v) is 17.0. The Labute approximate surface area is 149 Å². The van der Waals surface area contributed by atoms with Crippen LogP contribution >= 0.6 is 31.9 Å². The lowest BCUT2D eigenvalue weighted by atomic mass is 10.0. The smallest absolute Gasteiger partial charge is 0.147 e. The number of carbonyl (C=O) groups is 1. The quantitative estimate of drug-likeness (QED) is 0.142. The van der Waals surface area contributed by atoms with Crippen molar-refractivity contribution in [3.8, 4) is 0 Å². The number of carbonyl (C=O) groups excluding carboxylic acids is 1. The van der Waals surface area contributed by atoms with Gasteiger partial charge in [-0.25, -0.2) is 0 Å². The molecule has 126 valence electrons. The Morgan fingerprint density at radius 1 is 0.667 bits per heavy atom. The van der Waals surface area contributed by atoms with Crippen LogP contribution in [0, 0.1) is 0 Å². The molecule has 0 aromatic heterocycles. The van der Waals surface area contributed by atoms with Crippen LogP contribution in [0.4, 0.5) is 0 Å². The van der Waals surface area contributed by atoms with Crippen LogP contribution in [-0.4, -0.2) is 9.52 Å². The third-order valence-electron chi connectivity index (χ3n) is 4.04. The van der Waals surface area contributed by atoms with Gasteiger partial charge in [-0.1, -0.05) is 129 Å². The van der Waals surface area contributed by atoms with Crippen LogP contribution in [0.3, 0.4) is 0 Å². The molecular formula is C18H34Br2O. The Bertz CT molecular complexity index is 229. The van der Waals surface area contributed by atoms with E-state index < -0.39 is 3.23 Å². The van der Waals surface area contributed by atoms with Crippen LogP contribution in [-0.2, 0) is 4.79 Å². The highest BCUT2D eigenvalue weighted by Gasteiger charge is 2.20. The van der Waals surface area contributed by atoms with Crippen molar-refractivity contribution in [2.24, 2.45) is 0 Å². The summed E-state index contributed by atoms with van der Waals surface area (Å²) in [6, 6.07) is 0. The van der Waals surface area contributed by atoms with Gasteiger partial charge in [-0.15, -0.1) is 0 Å². The first kappa shape index (κ1) is 21.6. The molecule has 21 heavy (non-hydrogen) atoms. The number of alkyl halides is 2. The first-order valence-corrected chi connectivity index (χ1v) is 10.5. The van der Waals surface area contributed by atoms with E-state index in [1.54, 1.807) is 0 Å². The van der Waals surface area contributed by atoms with Crippen molar-refractivity contribution < 1.29 is 4.79 Å². The van der Waals surface area contributed by atoms with Gasteiger partial charge in [0.05, 0.1) is 0 Å². The molecule has 0 bridgehead atoms. The Balaban J connectivity index is 3.08. The summed E-state index contributed by atoms with van der Waals surface area (Å²) in [5, 5.41) is 0. The number of aldehydes is 1. The fourth-order valence-electron chi connectivity index (χ4n) is 2.61. The molecule has 0 aliphatic carbocycles. The molecule has 0 amide bonds. The van der Waals surface area contributed by atoms with Crippen LogP contribution in [0.2, 0.25) is 0 Å². The Morgan fingerprint density at radius 3 is 1.33 bits per heavy atom. The van der Waals surface area contributed by atoms with E-state index in [0.29, 0.717) is 0 Å². The highest BCUT2D eigenvalue weighted by molar-refractivity contribution is 9.25. The highest BCUT2D eigenvalue weighted by Crippen LogP contribution is 2.29. The molecule has 0 rings (SSSR count). The van der Waals surface area contributed by atoms with E-state index in [9.17, 15) is 4.79 Å². The van der Waals surface area contributed by atoms with Gasteiger partial charge in [-0.2, -0.15) is 0 Å². The summed E-state index contributed by atoms with van der Waals surface area (Å²) in [6.45, 7) is 2.28. The van der Waals surface area contributed by atoms with Crippen LogP contribution in [0.25, 0.3) is 0 Å². The summed E-state index contributed by atoms with van der Waals surface area (Å²) < 4.78 is -0.475. The monoisotopic (exact) mass is 424 g/mol. The van der Waals surface area contributed by atoms with Gasteiger partial charge in [-0.05, 0) is 6.42 Å². The minimum atomic E-state index is -0.475. The number of hydrogen-bond acceptors (Lipinski definition) is 1. The summed E-state index contributed by atoms with van der Waals surface area (Å²) in [7, 11) is 0. The fourth-order valence-corrected chi connectivity index (χ4v) is 3.17. The van der Waals surface area contributed by atoms with E-state index in [2.05, 4.69) is 38.8 Å². The van der Waals surface area contributed by atoms with Gasteiger partial charge in [0.2, 0.25) is 0 Å². The van der Waals surface area contributed by atoms with E-state index in [0.717, 1.165) is 19.1 Å². The van der Waals surface area contributed by atoms with E-state index in [1.807, 2.05) is 0 Å². The minimum Gasteiger partial charge on any atom is -0.301 e. The third-order valence-corrected chi connectivity index (χ3v) is 5.20. The average molecular weight is 426 g/mol. The largest absolute Gasteiger partial charge is 0.301 e. The molecule has 0 atom stereocenters. The Hall–Kier alpha value is 0.630. The van der Waals surface area contributed by atoms with Crippen molar-refractivity contribution in [1.29, 1.82) is 0 Å². The molecule has 0 saturated carbocycles. The van der Waals surface area contributed by atoms with Crippen molar-refractivity contribution >= 4 is 38.1 Å². The zero-order valence-electron chi connectivity index (χ0n) is 13.8. The molecule has 0 aliphatic heterocycles. The normalized spacial score (nSPS) is 11.8. The molecule has 0 aromatic rings. The first-order chi connectivity index (χ1) is 10.1. The maximum atomic E-state index is 10.7. The van der Waals surface area contributed by atoms with Crippen LogP contribution < -0.4 is 0 Å². The maximum Gasteiger partial charge on any atom is 0.147 e. The molecule has 0 N–H and O–H groups in total. The van der Waals surface area contributed by atoms with E-state index in [-0.39, 0.29) is 0 Å². The van der Waals surface area contributed by atoms with Gasteiger partial charge in [0, 0.05) is 0 Å². The van der Waals surface area contributed by atoms with Crippen molar-refractivity contribution in [3.05, 3.63) is 0 Å². The van der Waals surface area contributed by atoms with Crippen molar-refractivity contribution in [1.82, 2.24) is 0 Å². The molecule has 0 unspecified atom stereocenters. The SMILES string of the molecule is CCCCCCCCCCCCCCCCC(Br)(Br)C=O. The molecule has 0 radical (unpaired) electrons. The summed E-state index contributed by atoms with van der Waals surface area (Å²) in [6.07, 6.45) is 21.0. The van der Waals surface area contributed by atoms with Gasteiger partial charge in [0.25, 0.3) is 0 Å². The van der Waals surface area contributed by atoms with Crippen molar-refractivity contribution in [2.75, 3.05) is 0 Å². The molecular weight excluding hydrogens is 392 g/mol. The summed E-state index contributed by atoms with van der Waals surface area (Å²) >= 11 is 6.73. The Morgan fingerprint density at radius 2 is 1.00 bits per heavy atom. The molecule has 0 spiro atoms. The first-order valence-electron chi connectivity index (χ1n) is 8.96. The predicted octanol–water partition coefficient (Wildman–Crippen LogP) is 7.54. The topological polar surface area (TPSA) is 17.1 Å². The number of unbranched alkanes of at least 4 members (excludes halogenated alkanes) is 13. The molecule has 0 aliphatic rings. The molecule has 3 heteroatoms. The highest BCUT2D eigenvalue weighted by atomic mass is 79.9. The average Bonchev–Trinajstić information content (AvgIpc) is 2.47. The lowest BCUT2D eigenvalue weighted by molar-refractivity contribution is -0.107. The summed E-state index contributed by atoms with van der Waals surface area (Å²) in [4.78, 5) is 10.7.